The number of piperidine rings is 1. The van der Waals surface area contributed by atoms with Crippen LogP contribution in [0.25, 0.3) is 0 Å². The van der Waals surface area contributed by atoms with Gasteiger partial charge < -0.3 is 10.1 Å². The smallest absolute Gasteiger partial charge is 0.127 e. The highest BCUT2D eigenvalue weighted by Crippen LogP contribution is 2.36. The molecular formula is C16H23FN2O. The van der Waals surface area contributed by atoms with Gasteiger partial charge in [0.2, 0.25) is 0 Å². The van der Waals surface area contributed by atoms with E-state index in [0.29, 0.717) is 12.0 Å². The zero-order chi connectivity index (χ0) is 14.0. The SMILES string of the molecule is COc1ccc(F)c(CN2CCC[C@]3(CCNC3)C2)c1. The van der Waals surface area contributed by atoms with Crippen molar-refractivity contribution in [1.29, 1.82) is 0 Å². The van der Waals surface area contributed by atoms with Gasteiger partial charge >= 0.3 is 0 Å². The van der Waals surface area contributed by atoms with E-state index in [1.807, 2.05) is 6.07 Å². The van der Waals surface area contributed by atoms with Gasteiger partial charge in [0.15, 0.2) is 0 Å². The Morgan fingerprint density at radius 3 is 3.05 bits per heavy atom. The number of likely N-dealkylation sites (tertiary alicyclic amines) is 1. The summed E-state index contributed by atoms with van der Waals surface area (Å²) in [6.07, 6.45) is 3.77. The van der Waals surface area contributed by atoms with E-state index in [1.54, 1.807) is 13.2 Å². The average molecular weight is 278 g/mol. The Morgan fingerprint density at radius 2 is 2.30 bits per heavy atom. The van der Waals surface area contributed by atoms with Gasteiger partial charge in [-0.2, -0.15) is 0 Å². The van der Waals surface area contributed by atoms with Crippen LogP contribution in [0.15, 0.2) is 18.2 Å². The highest BCUT2D eigenvalue weighted by atomic mass is 19.1. The van der Waals surface area contributed by atoms with Crippen molar-refractivity contribution in [2.24, 2.45) is 5.41 Å². The minimum Gasteiger partial charge on any atom is -0.497 e. The minimum atomic E-state index is -0.130. The number of rotatable bonds is 3. The Morgan fingerprint density at radius 1 is 1.40 bits per heavy atom. The number of nitrogens with one attached hydrogen (secondary N) is 1. The van der Waals surface area contributed by atoms with Gasteiger partial charge in [0.1, 0.15) is 11.6 Å². The lowest BCUT2D eigenvalue weighted by atomic mass is 9.79. The number of methoxy groups -OCH3 is 1. The first-order chi connectivity index (χ1) is 9.71. The van der Waals surface area contributed by atoms with Crippen LogP contribution in [0.2, 0.25) is 0 Å². The summed E-state index contributed by atoms with van der Waals surface area (Å²) in [5.74, 6) is 0.602. The van der Waals surface area contributed by atoms with Crippen LogP contribution in [-0.4, -0.2) is 38.2 Å². The van der Waals surface area contributed by atoms with Crippen molar-refractivity contribution in [3.05, 3.63) is 29.6 Å². The predicted molar refractivity (Wildman–Crippen MR) is 77.4 cm³/mol. The lowest BCUT2D eigenvalue weighted by Gasteiger charge is -2.40. The van der Waals surface area contributed by atoms with Gasteiger partial charge in [-0.3, -0.25) is 4.90 Å². The molecule has 2 saturated heterocycles. The van der Waals surface area contributed by atoms with Gasteiger partial charge in [-0.05, 0) is 56.0 Å². The van der Waals surface area contributed by atoms with Crippen LogP contribution in [0.5, 0.6) is 5.75 Å². The van der Waals surface area contributed by atoms with E-state index in [4.69, 9.17) is 4.74 Å². The van der Waals surface area contributed by atoms with Gasteiger partial charge in [0, 0.05) is 25.2 Å². The second-order valence-electron chi connectivity index (χ2n) is 6.20. The lowest BCUT2D eigenvalue weighted by molar-refractivity contribution is 0.0968. The molecule has 0 aliphatic carbocycles. The molecule has 20 heavy (non-hydrogen) atoms. The summed E-state index contributed by atoms with van der Waals surface area (Å²) in [5, 5.41) is 3.48. The zero-order valence-electron chi connectivity index (χ0n) is 12.1. The van der Waals surface area contributed by atoms with Crippen LogP contribution in [0.4, 0.5) is 4.39 Å². The molecule has 0 radical (unpaired) electrons. The molecule has 1 N–H and O–H groups in total. The minimum absolute atomic E-state index is 0.130. The van der Waals surface area contributed by atoms with Crippen molar-refractivity contribution < 1.29 is 9.13 Å². The van der Waals surface area contributed by atoms with E-state index < -0.39 is 0 Å². The number of halogens is 1. The van der Waals surface area contributed by atoms with Gasteiger partial charge in [-0.15, -0.1) is 0 Å². The molecule has 0 aromatic heterocycles. The fourth-order valence-corrected chi connectivity index (χ4v) is 3.63. The van der Waals surface area contributed by atoms with E-state index in [2.05, 4.69) is 10.2 Å². The van der Waals surface area contributed by atoms with Crippen molar-refractivity contribution >= 4 is 0 Å². The number of ether oxygens (including phenoxy) is 1. The Bertz CT molecular complexity index is 472. The van der Waals surface area contributed by atoms with Crippen LogP contribution in [0.3, 0.4) is 0 Å². The molecule has 2 heterocycles. The Labute approximate surface area is 120 Å². The van der Waals surface area contributed by atoms with Gasteiger partial charge in [-0.25, -0.2) is 4.39 Å². The maximum absolute atomic E-state index is 13.9. The maximum atomic E-state index is 13.9. The zero-order valence-corrected chi connectivity index (χ0v) is 12.1. The van der Waals surface area contributed by atoms with E-state index in [1.165, 1.54) is 25.3 Å². The molecule has 0 amide bonds. The van der Waals surface area contributed by atoms with E-state index in [-0.39, 0.29) is 5.82 Å². The molecule has 0 saturated carbocycles. The standard InChI is InChI=1S/C16H23FN2O/c1-20-14-3-4-15(17)13(9-14)10-19-8-2-5-16(12-19)6-7-18-11-16/h3-4,9,18H,2,5-8,10-12H2,1H3/t16-/m1/s1. The lowest BCUT2D eigenvalue weighted by Crippen LogP contribution is -2.44. The first-order valence-electron chi connectivity index (χ1n) is 7.46. The van der Waals surface area contributed by atoms with Crippen LogP contribution in [0.1, 0.15) is 24.8 Å². The Hall–Kier alpha value is -1.13. The largest absolute Gasteiger partial charge is 0.497 e. The third-order valence-electron chi connectivity index (χ3n) is 4.72. The second-order valence-corrected chi connectivity index (χ2v) is 6.20. The predicted octanol–water partition coefficient (Wildman–Crippen LogP) is 2.41. The fourth-order valence-electron chi connectivity index (χ4n) is 3.63. The van der Waals surface area contributed by atoms with Crippen molar-refractivity contribution in [2.75, 3.05) is 33.3 Å². The molecule has 2 aliphatic heterocycles. The molecule has 1 aromatic rings. The highest BCUT2D eigenvalue weighted by molar-refractivity contribution is 5.29. The van der Waals surface area contributed by atoms with Crippen LogP contribution in [-0.2, 0) is 6.54 Å². The first-order valence-corrected chi connectivity index (χ1v) is 7.46. The summed E-state index contributed by atoms with van der Waals surface area (Å²) in [4.78, 5) is 2.40. The second kappa shape index (κ2) is 5.70. The molecule has 1 atom stereocenters. The number of hydrogen-bond donors (Lipinski definition) is 1. The summed E-state index contributed by atoms with van der Waals surface area (Å²) < 4.78 is 19.1. The fraction of sp³-hybridized carbons (Fsp3) is 0.625. The van der Waals surface area contributed by atoms with Crippen LogP contribution >= 0.6 is 0 Å². The number of nitrogens with zero attached hydrogens (tertiary/aromatic N) is 1. The van der Waals surface area contributed by atoms with Gasteiger partial charge in [0.25, 0.3) is 0 Å². The molecule has 3 nitrogen and oxygen atoms in total. The molecule has 3 rings (SSSR count). The van der Waals surface area contributed by atoms with E-state index in [9.17, 15) is 4.39 Å². The molecule has 4 heteroatoms. The molecule has 0 unspecified atom stereocenters. The highest BCUT2D eigenvalue weighted by Gasteiger charge is 2.37. The molecule has 2 fully saturated rings. The quantitative estimate of drug-likeness (QED) is 0.919. The third kappa shape index (κ3) is 2.81. The first kappa shape index (κ1) is 13.8. The van der Waals surface area contributed by atoms with Crippen LogP contribution < -0.4 is 10.1 Å². The van der Waals surface area contributed by atoms with E-state index in [0.717, 1.165) is 37.5 Å². The molecular weight excluding hydrogens is 255 g/mol. The summed E-state index contributed by atoms with van der Waals surface area (Å²) in [5.41, 5.74) is 1.17. The summed E-state index contributed by atoms with van der Waals surface area (Å²) in [7, 11) is 1.62. The molecule has 110 valence electrons. The monoisotopic (exact) mass is 278 g/mol. The normalized spacial score (nSPS) is 27.1. The van der Waals surface area contributed by atoms with Crippen molar-refractivity contribution in [3.8, 4) is 5.75 Å². The van der Waals surface area contributed by atoms with Crippen molar-refractivity contribution in [3.63, 3.8) is 0 Å². The third-order valence-corrected chi connectivity index (χ3v) is 4.72. The summed E-state index contributed by atoms with van der Waals surface area (Å²) in [6.45, 7) is 5.07. The topological polar surface area (TPSA) is 24.5 Å². The Kier molecular flexibility index (Phi) is 3.94. The van der Waals surface area contributed by atoms with Crippen molar-refractivity contribution in [2.45, 2.75) is 25.8 Å². The number of hydrogen-bond acceptors (Lipinski definition) is 3. The van der Waals surface area contributed by atoms with Crippen LogP contribution in [0, 0.1) is 11.2 Å². The molecule has 1 spiro atoms. The van der Waals surface area contributed by atoms with Gasteiger partial charge in [0.05, 0.1) is 7.11 Å². The molecule has 1 aromatic carbocycles. The summed E-state index contributed by atoms with van der Waals surface area (Å²) >= 11 is 0. The summed E-state index contributed by atoms with van der Waals surface area (Å²) in [6, 6.07) is 5.01. The van der Waals surface area contributed by atoms with Crippen molar-refractivity contribution in [1.82, 2.24) is 10.2 Å². The average Bonchev–Trinajstić information content (AvgIpc) is 2.89. The van der Waals surface area contributed by atoms with Gasteiger partial charge in [-0.1, -0.05) is 0 Å². The number of benzene rings is 1. The Balaban J connectivity index is 1.71. The van der Waals surface area contributed by atoms with E-state index >= 15 is 0 Å². The maximum Gasteiger partial charge on any atom is 0.127 e. The molecule has 0 bridgehead atoms. The molecule has 2 aliphatic rings.